The van der Waals surface area contributed by atoms with E-state index in [1.54, 1.807) is 6.07 Å². The van der Waals surface area contributed by atoms with E-state index in [1.165, 1.54) is 11.1 Å². The van der Waals surface area contributed by atoms with Gasteiger partial charge in [0, 0.05) is 24.9 Å². The smallest absolute Gasteiger partial charge is 0.273 e. The maximum atomic E-state index is 12.1. The molecule has 1 aliphatic heterocycles. The molecule has 2 heterocycles. The summed E-state index contributed by atoms with van der Waals surface area (Å²) >= 11 is 0. The summed E-state index contributed by atoms with van der Waals surface area (Å²) in [5, 5.41) is 6.73. The summed E-state index contributed by atoms with van der Waals surface area (Å²) in [6, 6.07) is 10.0. The zero-order valence-electron chi connectivity index (χ0n) is 12.2. The minimum atomic E-state index is -0.196. The molecular formula is C17H18N2O3. The van der Waals surface area contributed by atoms with Crippen LogP contribution >= 0.6 is 0 Å². The average molecular weight is 298 g/mol. The SMILES string of the molecule is O=C(NC[C@@H]1Cc2ccccc2CO1)c1cc(C2CC2)on1. The van der Waals surface area contributed by atoms with Crippen LogP contribution < -0.4 is 5.32 Å². The Kier molecular flexibility index (Phi) is 3.42. The number of amides is 1. The van der Waals surface area contributed by atoms with Gasteiger partial charge in [0.15, 0.2) is 5.69 Å². The van der Waals surface area contributed by atoms with Crippen molar-refractivity contribution in [1.29, 1.82) is 0 Å². The first-order chi connectivity index (χ1) is 10.8. The number of ether oxygens (including phenoxy) is 1. The molecule has 1 fully saturated rings. The van der Waals surface area contributed by atoms with Crippen LogP contribution in [0.15, 0.2) is 34.9 Å². The van der Waals surface area contributed by atoms with Crippen molar-refractivity contribution in [3.05, 3.63) is 52.9 Å². The molecule has 1 aromatic carbocycles. The van der Waals surface area contributed by atoms with Crippen LogP contribution in [-0.4, -0.2) is 23.7 Å². The van der Waals surface area contributed by atoms with Gasteiger partial charge in [-0.25, -0.2) is 0 Å². The Balaban J connectivity index is 1.33. The maximum Gasteiger partial charge on any atom is 0.273 e. The quantitative estimate of drug-likeness (QED) is 0.941. The molecule has 2 aliphatic rings. The number of nitrogens with zero attached hydrogens (tertiary/aromatic N) is 1. The predicted molar refractivity (Wildman–Crippen MR) is 79.5 cm³/mol. The van der Waals surface area contributed by atoms with Crippen molar-refractivity contribution in [3.8, 4) is 0 Å². The summed E-state index contributed by atoms with van der Waals surface area (Å²) < 4.78 is 11.0. The van der Waals surface area contributed by atoms with E-state index in [1.807, 2.05) is 12.1 Å². The lowest BCUT2D eigenvalue weighted by atomic mass is 9.99. The van der Waals surface area contributed by atoms with E-state index >= 15 is 0 Å². The molecular weight excluding hydrogens is 280 g/mol. The van der Waals surface area contributed by atoms with Gasteiger partial charge in [-0.3, -0.25) is 4.79 Å². The molecule has 1 amide bonds. The van der Waals surface area contributed by atoms with Crippen molar-refractivity contribution in [1.82, 2.24) is 10.5 Å². The fraction of sp³-hybridized carbons (Fsp3) is 0.412. The van der Waals surface area contributed by atoms with Gasteiger partial charge in [-0.1, -0.05) is 29.4 Å². The molecule has 2 aromatic rings. The Morgan fingerprint density at radius 3 is 2.91 bits per heavy atom. The van der Waals surface area contributed by atoms with Gasteiger partial charge in [-0.15, -0.1) is 0 Å². The Morgan fingerprint density at radius 2 is 2.09 bits per heavy atom. The van der Waals surface area contributed by atoms with Gasteiger partial charge in [0.25, 0.3) is 5.91 Å². The molecule has 4 rings (SSSR count). The maximum absolute atomic E-state index is 12.1. The van der Waals surface area contributed by atoms with Crippen LogP contribution in [0.2, 0.25) is 0 Å². The van der Waals surface area contributed by atoms with E-state index in [2.05, 4.69) is 22.6 Å². The summed E-state index contributed by atoms with van der Waals surface area (Å²) in [6.45, 7) is 1.09. The Labute approximate surface area is 128 Å². The summed E-state index contributed by atoms with van der Waals surface area (Å²) in [7, 11) is 0. The molecule has 1 aliphatic carbocycles. The summed E-state index contributed by atoms with van der Waals surface area (Å²) in [5.74, 6) is 1.10. The molecule has 5 heteroatoms. The van der Waals surface area contributed by atoms with E-state index in [9.17, 15) is 4.79 Å². The largest absolute Gasteiger partial charge is 0.371 e. The van der Waals surface area contributed by atoms with Gasteiger partial charge < -0.3 is 14.6 Å². The first kappa shape index (κ1) is 13.5. The molecule has 0 radical (unpaired) electrons. The van der Waals surface area contributed by atoms with E-state index in [0.29, 0.717) is 24.8 Å². The number of benzene rings is 1. The molecule has 114 valence electrons. The molecule has 22 heavy (non-hydrogen) atoms. The summed E-state index contributed by atoms with van der Waals surface area (Å²) in [4.78, 5) is 12.1. The van der Waals surface area contributed by atoms with Gasteiger partial charge in [0.05, 0.1) is 12.7 Å². The third-order valence-electron chi connectivity index (χ3n) is 4.27. The van der Waals surface area contributed by atoms with Gasteiger partial charge in [-0.05, 0) is 24.0 Å². The molecule has 1 atom stereocenters. The monoisotopic (exact) mass is 298 g/mol. The van der Waals surface area contributed by atoms with Crippen molar-refractivity contribution >= 4 is 5.91 Å². The highest BCUT2D eigenvalue weighted by Crippen LogP contribution is 2.40. The second-order valence-electron chi connectivity index (χ2n) is 6.00. The molecule has 0 saturated heterocycles. The lowest BCUT2D eigenvalue weighted by Crippen LogP contribution is -2.36. The topological polar surface area (TPSA) is 64.4 Å². The minimum Gasteiger partial charge on any atom is -0.371 e. The van der Waals surface area contributed by atoms with Crippen molar-refractivity contribution in [2.45, 2.75) is 37.9 Å². The highest BCUT2D eigenvalue weighted by Gasteiger charge is 2.29. The fourth-order valence-electron chi connectivity index (χ4n) is 2.79. The van der Waals surface area contributed by atoms with Crippen LogP contribution in [0.3, 0.4) is 0 Å². The standard InChI is InChI=1S/C17H18N2O3/c20-17(15-8-16(22-19-15)11-5-6-11)18-9-14-7-12-3-1-2-4-13(12)10-21-14/h1-4,8,11,14H,5-7,9-10H2,(H,18,20)/t14-/m0/s1. The Bertz CT molecular complexity index is 691. The van der Waals surface area contributed by atoms with E-state index < -0.39 is 0 Å². The van der Waals surface area contributed by atoms with E-state index in [0.717, 1.165) is 25.0 Å². The van der Waals surface area contributed by atoms with Crippen molar-refractivity contribution in [2.24, 2.45) is 0 Å². The minimum absolute atomic E-state index is 0.00801. The predicted octanol–water partition coefficient (Wildman–Crippen LogP) is 2.42. The van der Waals surface area contributed by atoms with Gasteiger partial charge in [-0.2, -0.15) is 0 Å². The number of nitrogens with one attached hydrogen (secondary N) is 1. The van der Waals surface area contributed by atoms with Crippen molar-refractivity contribution in [2.75, 3.05) is 6.54 Å². The molecule has 0 unspecified atom stereocenters. The van der Waals surface area contributed by atoms with E-state index in [-0.39, 0.29) is 12.0 Å². The first-order valence-electron chi connectivity index (χ1n) is 7.73. The molecule has 1 aromatic heterocycles. The summed E-state index contributed by atoms with van der Waals surface area (Å²) in [5.41, 5.74) is 2.89. The zero-order chi connectivity index (χ0) is 14.9. The number of aromatic nitrogens is 1. The third kappa shape index (κ3) is 2.76. The third-order valence-corrected chi connectivity index (χ3v) is 4.27. The van der Waals surface area contributed by atoms with E-state index in [4.69, 9.17) is 9.26 Å². The molecule has 1 N–H and O–H groups in total. The number of hydrogen-bond acceptors (Lipinski definition) is 4. The second-order valence-corrected chi connectivity index (χ2v) is 6.00. The first-order valence-corrected chi connectivity index (χ1v) is 7.73. The lowest BCUT2D eigenvalue weighted by Gasteiger charge is -2.25. The lowest BCUT2D eigenvalue weighted by molar-refractivity contribution is 0.0284. The number of carbonyl (C=O) groups excluding carboxylic acids is 1. The highest BCUT2D eigenvalue weighted by atomic mass is 16.5. The number of hydrogen-bond donors (Lipinski definition) is 1. The second kappa shape index (κ2) is 5.57. The highest BCUT2D eigenvalue weighted by molar-refractivity contribution is 5.92. The average Bonchev–Trinajstić information content (AvgIpc) is 3.29. The normalized spacial score (nSPS) is 20.5. The molecule has 1 saturated carbocycles. The van der Waals surface area contributed by atoms with Crippen LogP contribution in [0, 0.1) is 0 Å². The van der Waals surface area contributed by atoms with Crippen LogP contribution in [0.4, 0.5) is 0 Å². The number of rotatable bonds is 4. The van der Waals surface area contributed by atoms with Gasteiger partial charge >= 0.3 is 0 Å². The van der Waals surface area contributed by atoms with Crippen LogP contribution in [-0.2, 0) is 17.8 Å². The summed E-state index contributed by atoms with van der Waals surface area (Å²) in [6.07, 6.45) is 3.09. The number of fused-ring (bicyclic) bond motifs is 1. The molecule has 5 nitrogen and oxygen atoms in total. The van der Waals surface area contributed by atoms with Crippen molar-refractivity contribution in [3.63, 3.8) is 0 Å². The Hall–Kier alpha value is -2.14. The van der Waals surface area contributed by atoms with Crippen LogP contribution in [0.5, 0.6) is 0 Å². The van der Waals surface area contributed by atoms with Gasteiger partial charge in [0.1, 0.15) is 5.76 Å². The Morgan fingerprint density at radius 1 is 1.27 bits per heavy atom. The fourth-order valence-corrected chi connectivity index (χ4v) is 2.79. The van der Waals surface area contributed by atoms with Gasteiger partial charge in [0.2, 0.25) is 0 Å². The number of carbonyl (C=O) groups is 1. The molecule has 0 spiro atoms. The zero-order valence-corrected chi connectivity index (χ0v) is 12.2. The van der Waals surface area contributed by atoms with Crippen LogP contribution in [0.1, 0.15) is 46.1 Å². The van der Waals surface area contributed by atoms with Crippen molar-refractivity contribution < 1.29 is 14.1 Å². The molecule has 0 bridgehead atoms. The van der Waals surface area contributed by atoms with Crippen LogP contribution in [0.25, 0.3) is 0 Å².